The summed E-state index contributed by atoms with van der Waals surface area (Å²) < 4.78 is 0. The molecule has 0 aliphatic carbocycles. The first-order valence-corrected chi connectivity index (χ1v) is 7.56. The van der Waals surface area contributed by atoms with E-state index >= 15 is 0 Å². The molecule has 8 heteroatoms. The van der Waals surface area contributed by atoms with Crippen molar-refractivity contribution < 1.29 is 4.92 Å². The normalized spacial score (nSPS) is 12.1. The maximum Gasteiger partial charge on any atom is 0.269 e. The summed E-state index contributed by atoms with van der Waals surface area (Å²) in [6, 6.07) is 13.1. The SMILES string of the molecule is N[C@H](c1ccc(Cl)cc1)c1n[nH]c(Cc2ccc([N+](=O)[O-])cc2)n1. The van der Waals surface area contributed by atoms with Gasteiger partial charge in [0.15, 0.2) is 5.82 Å². The van der Waals surface area contributed by atoms with Crippen molar-refractivity contribution in [1.82, 2.24) is 15.2 Å². The lowest BCUT2D eigenvalue weighted by Gasteiger charge is -2.07. The Morgan fingerprint density at radius 1 is 1.17 bits per heavy atom. The van der Waals surface area contributed by atoms with Crippen LogP contribution >= 0.6 is 11.6 Å². The van der Waals surface area contributed by atoms with Crippen LogP contribution in [-0.2, 0) is 6.42 Å². The van der Waals surface area contributed by atoms with Crippen LogP contribution in [0, 0.1) is 10.1 Å². The summed E-state index contributed by atoms with van der Waals surface area (Å²) in [5, 5.41) is 18.3. The Bertz CT molecular complexity index is 846. The molecule has 0 amide bonds. The number of hydrogen-bond donors (Lipinski definition) is 2. The molecule has 1 aromatic heterocycles. The number of rotatable bonds is 5. The summed E-state index contributed by atoms with van der Waals surface area (Å²) >= 11 is 5.87. The molecular formula is C16H14ClN5O2. The number of aromatic amines is 1. The van der Waals surface area contributed by atoms with Crippen molar-refractivity contribution in [3.8, 4) is 0 Å². The number of nitrogens with two attached hydrogens (primary N) is 1. The Morgan fingerprint density at radius 3 is 2.46 bits per heavy atom. The first-order valence-electron chi connectivity index (χ1n) is 7.18. The predicted octanol–water partition coefficient (Wildman–Crippen LogP) is 3.01. The van der Waals surface area contributed by atoms with Gasteiger partial charge in [-0.25, -0.2) is 4.98 Å². The van der Waals surface area contributed by atoms with E-state index in [9.17, 15) is 10.1 Å². The first kappa shape index (κ1) is 16.1. The Morgan fingerprint density at radius 2 is 1.83 bits per heavy atom. The van der Waals surface area contributed by atoms with Crippen molar-refractivity contribution in [3.63, 3.8) is 0 Å². The fourth-order valence-electron chi connectivity index (χ4n) is 2.28. The third-order valence-electron chi connectivity index (χ3n) is 3.58. The molecule has 122 valence electrons. The third kappa shape index (κ3) is 3.58. The van der Waals surface area contributed by atoms with E-state index in [-0.39, 0.29) is 5.69 Å². The second-order valence-electron chi connectivity index (χ2n) is 5.27. The minimum atomic E-state index is -0.455. The molecule has 0 spiro atoms. The highest BCUT2D eigenvalue weighted by Gasteiger charge is 2.15. The second kappa shape index (κ2) is 6.77. The largest absolute Gasteiger partial charge is 0.318 e. The molecule has 0 bridgehead atoms. The fourth-order valence-corrected chi connectivity index (χ4v) is 2.40. The molecule has 7 nitrogen and oxygen atoms in total. The molecule has 0 aliphatic rings. The zero-order valence-corrected chi connectivity index (χ0v) is 13.3. The van der Waals surface area contributed by atoms with Crippen LogP contribution in [0.1, 0.15) is 28.8 Å². The molecule has 3 rings (SSSR count). The monoisotopic (exact) mass is 343 g/mol. The summed E-state index contributed by atoms with van der Waals surface area (Å²) in [7, 11) is 0. The molecule has 3 aromatic rings. The van der Waals surface area contributed by atoms with Gasteiger partial charge >= 0.3 is 0 Å². The van der Waals surface area contributed by atoms with E-state index in [1.165, 1.54) is 12.1 Å². The van der Waals surface area contributed by atoms with E-state index < -0.39 is 11.0 Å². The van der Waals surface area contributed by atoms with Crippen LogP contribution < -0.4 is 5.73 Å². The van der Waals surface area contributed by atoms with Gasteiger partial charge in [-0.15, -0.1) is 0 Å². The number of non-ortho nitro benzene ring substituents is 1. The topological polar surface area (TPSA) is 111 Å². The number of nitro groups is 1. The van der Waals surface area contributed by atoms with Crippen LogP contribution in [0.4, 0.5) is 5.69 Å². The average Bonchev–Trinajstić information content (AvgIpc) is 3.04. The molecule has 3 N–H and O–H groups in total. The van der Waals surface area contributed by atoms with E-state index in [1.807, 2.05) is 12.1 Å². The molecule has 24 heavy (non-hydrogen) atoms. The molecule has 1 heterocycles. The Labute approximate surface area is 142 Å². The standard InChI is InChI=1S/C16H14ClN5O2/c17-12-5-3-11(4-6-12)15(18)16-19-14(20-21-16)9-10-1-7-13(8-2-10)22(23)24/h1-8,15H,9,18H2,(H,19,20,21)/t15-/m1/s1. The van der Waals surface area contributed by atoms with Crippen LogP contribution in [0.15, 0.2) is 48.5 Å². The lowest BCUT2D eigenvalue weighted by atomic mass is 10.1. The quantitative estimate of drug-likeness (QED) is 0.546. The number of nitrogens with zero attached hydrogens (tertiary/aromatic N) is 3. The third-order valence-corrected chi connectivity index (χ3v) is 3.83. The summed E-state index contributed by atoms with van der Waals surface area (Å²) in [5.74, 6) is 1.12. The molecule has 0 fully saturated rings. The number of benzene rings is 2. The van der Waals surface area contributed by atoms with Crippen molar-refractivity contribution in [2.45, 2.75) is 12.5 Å². The van der Waals surface area contributed by atoms with Gasteiger partial charge in [0.25, 0.3) is 5.69 Å². The van der Waals surface area contributed by atoms with Crippen molar-refractivity contribution in [1.29, 1.82) is 0 Å². The molecule has 0 aliphatic heterocycles. The maximum atomic E-state index is 10.7. The highest BCUT2D eigenvalue weighted by molar-refractivity contribution is 6.30. The Hall–Kier alpha value is -2.77. The number of hydrogen-bond acceptors (Lipinski definition) is 5. The highest BCUT2D eigenvalue weighted by Crippen LogP contribution is 2.19. The summed E-state index contributed by atoms with van der Waals surface area (Å²) in [6.45, 7) is 0. The van der Waals surface area contributed by atoms with Gasteiger partial charge in [0.2, 0.25) is 0 Å². The first-order chi connectivity index (χ1) is 11.5. The van der Waals surface area contributed by atoms with Crippen LogP contribution in [0.3, 0.4) is 0 Å². The van der Waals surface area contributed by atoms with Crippen molar-refractivity contribution in [2.24, 2.45) is 5.73 Å². The van der Waals surface area contributed by atoms with Crippen LogP contribution in [0.5, 0.6) is 0 Å². The summed E-state index contributed by atoms with van der Waals surface area (Å²) in [5.41, 5.74) is 7.97. The summed E-state index contributed by atoms with van der Waals surface area (Å²) in [6.07, 6.45) is 0.484. The fraction of sp³-hybridized carbons (Fsp3) is 0.125. The van der Waals surface area contributed by atoms with Crippen molar-refractivity contribution >= 4 is 17.3 Å². The minimum absolute atomic E-state index is 0.0572. The second-order valence-corrected chi connectivity index (χ2v) is 5.71. The van der Waals surface area contributed by atoms with Gasteiger partial charge in [-0.3, -0.25) is 15.2 Å². The van der Waals surface area contributed by atoms with E-state index in [0.29, 0.717) is 23.1 Å². The van der Waals surface area contributed by atoms with Gasteiger partial charge in [-0.05, 0) is 23.3 Å². The van der Waals surface area contributed by atoms with Gasteiger partial charge in [-0.2, -0.15) is 5.10 Å². The van der Waals surface area contributed by atoms with E-state index in [1.54, 1.807) is 24.3 Å². The number of H-pyrrole nitrogens is 1. The Kier molecular flexibility index (Phi) is 4.54. The minimum Gasteiger partial charge on any atom is -0.318 e. The molecular weight excluding hydrogens is 330 g/mol. The molecule has 2 aromatic carbocycles. The zero-order chi connectivity index (χ0) is 17.1. The highest BCUT2D eigenvalue weighted by atomic mass is 35.5. The van der Waals surface area contributed by atoms with Gasteiger partial charge in [0.1, 0.15) is 5.82 Å². The van der Waals surface area contributed by atoms with Crippen molar-refractivity contribution in [2.75, 3.05) is 0 Å². The lowest BCUT2D eigenvalue weighted by molar-refractivity contribution is -0.384. The van der Waals surface area contributed by atoms with E-state index in [0.717, 1.165) is 11.1 Å². The smallest absolute Gasteiger partial charge is 0.269 e. The van der Waals surface area contributed by atoms with Crippen LogP contribution in [0.2, 0.25) is 5.02 Å². The number of aromatic nitrogens is 3. The Balaban J connectivity index is 1.73. The predicted molar refractivity (Wildman–Crippen MR) is 89.8 cm³/mol. The maximum absolute atomic E-state index is 10.7. The lowest BCUT2D eigenvalue weighted by Crippen LogP contribution is -2.13. The van der Waals surface area contributed by atoms with E-state index in [4.69, 9.17) is 17.3 Å². The van der Waals surface area contributed by atoms with Gasteiger partial charge in [0, 0.05) is 23.6 Å². The molecule has 0 saturated carbocycles. The van der Waals surface area contributed by atoms with E-state index in [2.05, 4.69) is 15.2 Å². The molecule has 1 atom stereocenters. The average molecular weight is 344 g/mol. The molecule has 0 saturated heterocycles. The van der Waals surface area contributed by atoms with Gasteiger partial charge < -0.3 is 5.73 Å². The number of nitro benzene ring substituents is 1. The van der Waals surface area contributed by atoms with Crippen molar-refractivity contribution in [3.05, 3.63) is 86.4 Å². The number of nitrogens with one attached hydrogen (secondary N) is 1. The number of halogens is 1. The van der Waals surface area contributed by atoms with Crippen LogP contribution in [-0.4, -0.2) is 20.1 Å². The summed E-state index contributed by atoms with van der Waals surface area (Å²) in [4.78, 5) is 14.6. The van der Waals surface area contributed by atoms with Gasteiger partial charge in [-0.1, -0.05) is 35.9 Å². The molecule has 0 unspecified atom stereocenters. The molecule has 0 radical (unpaired) electrons. The van der Waals surface area contributed by atoms with Crippen LogP contribution in [0.25, 0.3) is 0 Å². The zero-order valence-electron chi connectivity index (χ0n) is 12.5. The van der Waals surface area contributed by atoms with Gasteiger partial charge in [0.05, 0.1) is 11.0 Å².